The smallest absolute Gasteiger partial charge is 0.398 e. The molecular formula is C27H27F3O3. The third-order valence-electron chi connectivity index (χ3n) is 6.69. The first-order valence-electron chi connectivity index (χ1n) is 11.2. The molecule has 1 unspecified atom stereocenters. The quantitative estimate of drug-likeness (QED) is 0.462. The summed E-state index contributed by atoms with van der Waals surface area (Å²) in [5, 5.41) is 0. The number of fused-ring (bicyclic) bond motifs is 1. The molecule has 2 aromatic rings. The number of hydrogen-bond donors (Lipinski definition) is 0. The standard InChI is InChI=1S/C27H27F3O3/c1-32-25(31)18-33-24-11-10-21(22-8-5-9-23(22)24)14-17-26(27(28,29)30)15-12-20(13-16-26)19-6-3-2-4-7-19/h2-4,6-7,10-13,15H,5,8-9,14,16-18H2,1H3. The fraction of sp³-hybridized carbons (Fsp3) is 0.370. The van der Waals surface area contributed by atoms with E-state index in [0.717, 1.165) is 47.1 Å². The van der Waals surface area contributed by atoms with Crippen molar-refractivity contribution in [3.8, 4) is 5.75 Å². The predicted octanol–water partition coefficient (Wildman–Crippen LogP) is 6.25. The molecule has 0 spiro atoms. The second-order valence-electron chi connectivity index (χ2n) is 8.62. The summed E-state index contributed by atoms with van der Waals surface area (Å²) in [5.74, 6) is 0.153. The zero-order chi connectivity index (χ0) is 23.5. The van der Waals surface area contributed by atoms with Crippen LogP contribution in [-0.4, -0.2) is 25.9 Å². The Hall–Kier alpha value is -3.02. The Balaban J connectivity index is 1.52. The molecule has 0 aliphatic heterocycles. The van der Waals surface area contributed by atoms with Gasteiger partial charge in [-0.25, -0.2) is 4.79 Å². The van der Waals surface area contributed by atoms with Crippen molar-refractivity contribution >= 4 is 11.5 Å². The van der Waals surface area contributed by atoms with Gasteiger partial charge in [-0.3, -0.25) is 0 Å². The maximum atomic E-state index is 14.2. The summed E-state index contributed by atoms with van der Waals surface area (Å²) in [5.41, 5.74) is 2.87. The van der Waals surface area contributed by atoms with Gasteiger partial charge < -0.3 is 9.47 Å². The van der Waals surface area contributed by atoms with Gasteiger partial charge >= 0.3 is 12.1 Å². The molecule has 0 saturated carbocycles. The molecule has 0 aromatic heterocycles. The van der Waals surface area contributed by atoms with E-state index in [1.807, 2.05) is 36.4 Å². The molecule has 2 aliphatic rings. The van der Waals surface area contributed by atoms with E-state index in [1.165, 1.54) is 13.2 Å². The monoisotopic (exact) mass is 456 g/mol. The van der Waals surface area contributed by atoms with Crippen LogP contribution in [0.1, 0.15) is 41.5 Å². The van der Waals surface area contributed by atoms with E-state index >= 15 is 0 Å². The van der Waals surface area contributed by atoms with Gasteiger partial charge in [0.1, 0.15) is 5.75 Å². The molecule has 0 heterocycles. The number of halogens is 3. The molecule has 0 radical (unpaired) electrons. The highest BCUT2D eigenvalue weighted by molar-refractivity contribution is 5.75. The number of carbonyl (C=O) groups excluding carboxylic acids is 1. The van der Waals surface area contributed by atoms with Gasteiger partial charge in [-0.15, -0.1) is 0 Å². The van der Waals surface area contributed by atoms with Gasteiger partial charge in [0.2, 0.25) is 0 Å². The van der Waals surface area contributed by atoms with Crippen molar-refractivity contribution in [2.75, 3.05) is 13.7 Å². The van der Waals surface area contributed by atoms with Crippen molar-refractivity contribution in [3.05, 3.63) is 82.9 Å². The number of carbonyl (C=O) groups is 1. The molecule has 33 heavy (non-hydrogen) atoms. The van der Waals surface area contributed by atoms with E-state index in [0.29, 0.717) is 12.2 Å². The van der Waals surface area contributed by atoms with Crippen LogP contribution >= 0.6 is 0 Å². The Kier molecular flexibility index (Phi) is 6.63. The number of benzene rings is 2. The normalized spacial score (nSPS) is 19.7. The minimum absolute atomic E-state index is 0.0135. The van der Waals surface area contributed by atoms with Crippen LogP contribution in [0, 0.1) is 5.41 Å². The molecule has 6 heteroatoms. The summed E-state index contributed by atoms with van der Waals surface area (Å²) in [4.78, 5) is 11.4. The van der Waals surface area contributed by atoms with Crippen molar-refractivity contribution < 1.29 is 27.4 Å². The Bertz CT molecular complexity index is 1070. The minimum atomic E-state index is -4.34. The number of hydrogen-bond acceptors (Lipinski definition) is 3. The second-order valence-corrected chi connectivity index (χ2v) is 8.62. The number of ether oxygens (including phenoxy) is 2. The van der Waals surface area contributed by atoms with E-state index in [9.17, 15) is 18.0 Å². The molecule has 174 valence electrons. The van der Waals surface area contributed by atoms with Gasteiger partial charge in [-0.05, 0) is 72.4 Å². The van der Waals surface area contributed by atoms with Gasteiger partial charge in [0.05, 0.1) is 12.5 Å². The maximum Gasteiger partial charge on any atom is 0.398 e. The van der Waals surface area contributed by atoms with E-state index in [2.05, 4.69) is 4.74 Å². The molecule has 2 aliphatic carbocycles. The second kappa shape index (κ2) is 9.46. The van der Waals surface area contributed by atoms with Gasteiger partial charge in [0, 0.05) is 0 Å². The average molecular weight is 457 g/mol. The fourth-order valence-corrected chi connectivity index (χ4v) is 4.73. The van der Waals surface area contributed by atoms with Crippen molar-refractivity contribution in [2.24, 2.45) is 5.41 Å². The highest BCUT2D eigenvalue weighted by atomic mass is 19.4. The minimum Gasteiger partial charge on any atom is -0.482 e. The summed E-state index contributed by atoms with van der Waals surface area (Å²) in [6.45, 7) is -0.180. The highest BCUT2D eigenvalue weighted by Gasteiger charge is 2.52. The van der Waals surface area contributed by atoms with Crippen molar-refractivity contribution in [2.45, 2.75) is 44.7 Å². The van der Waals surface area contributed by atoms with Crippen LogP contribution in [0.5, 0.6) is 5.75 Å². The van der Waals surface area contributed by atoms with Crippen LogP contribution in [0.25, 0.3) is 5.57 Å². The first-order valence-corrected chi connectivity index (χ1v) is 11.2. The molecule has 2 aromatic carbocycles. The number of aryl methyl sites for hydroxylation is 1. The first kappa shape index (κ1) is 23.1. The van der Waals surface area contributed by atoms with Crippen molar-refractivity contribution in [1.82, 2.24) is 0 Å². The molecule has 3 nitrogen and oxygen atoms in total. The summed E-state index contributed by atoms with van der Waals surface area (Å²) in [6, 6.07) is 13.1. The van der Waals surface area contributed by atoms with Crippen LogP contribution in [0.2, 0.25) is 0 Å². The number of methoxy groups -OCH3 is 1. The Morgan fingerprint density at radius 2 is 1.82 bits per heavy atom. The lowest BCUT2D eigenvalue weighted by atomic mass is 9.74. The third kappa shape index (κ3) is 4.85. The van der Waals surface area contributed by atoms with Crippen LogP contribution in [-0.2, 0) is 28.8 Å². The van der Waals surface area contributed by atoms with Crippen molar-refractivity contribution in [3.63, 3.8) is 0 Å². The van der Waals surface area contributed by atoms with Crippen LogP contribution in [0.4, 0.5) is 13.2 Å². The maximum absolute atomic E-state index is 14.2. The summed E-state index contributed by atoms with van der Waals surface area (Å²) in [6.07, 6.45) is 3.11. The fourth-order valence-electron chi connectivity index (χ4n) is 4.73. The zero-order valence-electron chi connectivity index (χ0n) is 18.6. The molecule has 0 N–H and O–H groups in total. The van der Waals surface area contributed by atoms with E-state index < -0.39 is 17.6 Å². The Morgan fingerprint density at radius 1 is 1.06 bits per heavy atom. The summed E-state index contributed by atoms with van der Waals surface area (Å²) < 4.78 is 52.9. The molecule has 0 saturated heterocycles. The lowest BCUT2D eigenvalue weighted by Crippen LogP contribution is -2.37. The first-order chi connectivity index (χ1) is 15.8. The third-order valence-corrected chi connectivity index (χ3v) is 6.69. The molecule has 1 atom stereocenters. The molecule has 0 amide bonds. The van der Waals surface area contributed by atoms with E-state index in [4.69, 9.17) is 4.74 Å². The van der Waals surface area contributed by atoms with E-state index in [1.54, 1.807) is 18.2 Å². The van der Waals surface area contributed by atoms with Crippen molar-refractivity contribution in [1.29, 1.82) is 0 Å². The van der Waals surface area contributed by atoms with E-state index in [-0.39, 0.29) is 19.4 Å². The van der Waals surface area contributed by atoms with Gasteiger partial charge in [-0.2, -0.15) is 13.2 Å². The zero-order valence-corrected chi connectivity index (χ0v) is 18.6. The average Bonchev–Trinajstić information content (AvgIpc) is 3.32. The number of allylic oxidation sites excluding steroid dienone is 4. The lowest BCUT2D eigenvalue weighted by Gasteiger charge is -2.35. The van der Waals surface area contributed by atoms with Gasteiger partial charge in [-0.1, -0.05) is 54.6 Å². The topological polar surface area (TPSA) is 35.5 Å². The lowest BCUT2D eigenvalue weighted by molar-refractivity contribution is -0.207. The highest BCUT2D eigenvalue weighted by Crippen LogP contribution is 2.49. The molecule has 4 rings (SSSR count). The summed E-state index contributed by atoms with van der Waals surface area (Å²) >= 11 is 0. The van der Waals surface area contributed by atoms with Gasteiger partial charge in [0.25, 0.3) is 0 Å². The Labute approximate surface area is 191 Å². The Morgan fingerprint density at radius 3 is 2.48 bits per heavy atom. The predicted molar refractivity (Wildman–Crippen MR) is 121 cm³/mol. The molecule has 0 bridgehead atoms. The molecule has 0 fully saturated rings. The van der Waals surface area contributed by atoms with Crippen LogP contribution in [0.3, 0.4) is 0 Å². The summed E-state index contributed by atoms with van der Waals surface area (Å²) in [7, 11) is 1.30. The van der Waals surface area contributed by atoms with Gasteiger partial charge in [0.15, 0.2) is 6.61 Å². The number of rotatable bonds is 7. The number of alkyl halides is 3. The molecular weight excluding hydrogens is 429 g/mol. The largest absolute Gasteiger partial charge is 0.482 e. The van der Waals surface area contributed by atoms with Crippen LogP contribution in [0.15, 0.2) is 60.7 Å². The van der Waals surface area contributed by atoms with Crippen LogP contribution < -0.4 is 4.74 Å². The SMILES string of the molecule is COC(=O)COc1ccc(CCC2(C(F)(F)F)C=CC(c3ccccc3)=CC2)c2c1CCC2. The number of esters is 1.